The fraction of sp³-hybridized carbons (Fsp3) is 0.556. The molecule has 3 aliphatic rings. The lowest BCUT2D eigenvalue weighted by molar-refractivity contribution is -0.134. The first-order valence-corrected chi connectivity index (χ1v) is 28.9. The Kier molecular flexibility index (Phi) is 23.0. The number of hydrogen-bond donors (Lipinski definition) is 3. The van der Waals surface area contributed by atoms with E-state index in [4.69, 9.17) is 47.2 Å². The van der Waals surface area contributed by atoms with Gasteiger partial charge in [0.15, 0.2) is 9.84 Å². The number of halogens is 3. The van der Waals surface area contributed by atoms with E-state index in [-0.39, 0.29) is 56.3 Å². The molecule has 3 aliphatic heterocycles. The second kappa shape index (κ2) is 27.8. The molecule has 1 unspecified atom stereocenters. The topological polar surface area (TPSA) is 289 Å². The van der Waals surface area contributed by atoms with E-state index >= 15 is 0 Å². The number of benzene rings is 3. The number of carbonyl (C=O) groups excluding carboxylic acids is 3. The summed E-state index contributed by atoms with van der Waals surface area (Å²) in [5.74, 6) is 1.06. The van der Waals surface area contributed by atoms with E-state index < -0.39 is 101 Å². The van der Waals surface area contributed by atoms with Crippen molar-refractivity contribution in [3.63, 3.8) is 0 Å². The molecule has 18 nitrogen and oxygen atoms in total. The van der Waals surface area contributed by atoms with E-state index in [1.54, 1.807) is 88.4 Å². The summed E-state index contributed by atoms with van der Waals surface area (Å²) < 4.78 is 91.6. The van der Waals surface area contributed by atoms with Crippen molar-refractivity contribution in [1.29, 1.82) is 15.8 Å². The van der Waals surface area contributed by atoms with Gasteiger partial charge in [0.05, 0.1) is 80.5 Å². The van der Waals surface area contributed by atoms with E-state index in [9.17, 15) is 40.2 Å². The minimum Gasteiger partial charge on any atom is -0.497 e. The fourth-order valence-electron chi connectivity index (χ4n) is 8.48. The summed E-state index contributed by atoms with van der Waals surface area (Å²) in [4.78, 5) is 41.5. The van der Waals surface area contributed by atoms with Crippen LogP contribution >= 0.6 is 11.8 Å². The Hall–Kier alpha value is -5.94. The molecule has 3 amide bonds. The third-order valence-corrected chi connectivity index (χ3v) is 20.3. The number of thioether (sulfide) groups is 1. The van der Waals surface area contributed by atoms with Gasteiger partial charge < -0.3 is 46.1 Å². The highest BCUT2D eigenvalue weighted by atomic mass is 32.2. The summed E-state index contributed by atoms with van der Waals surface area (Å²) in [6.07, 6.45) is -3.74. The number of methoxy groups -OCH3 is 3. The standard InChI is InChI=1S/C18H24FN3O4S.C18H24FN3O3S.C18H24FN3O2S/c1-18(2,16(21)17(23)22-10-13(19)8-14(22)9-20)27(24,25)11-12-4-6-15(26-3)7-5-12;1-18(2,26(24)11-12-4-6-15(25-3)7-5-12)16(21)17(23)22-10-13(19)8-14(22)9-20;1-18(2,25-11-12-4-6-15(24-3)7-5-12)16(21)17(23)22-10-13(19)8-14(22)9-20/h4-7,13-14,16H,8,10-11,21H2,1-3H3;4-7,13-14,16H,8,10-11,21H2,1-3H3;4-7,13-14,16H,8,10-11,21H2,1-3H3/t13-,14-,16+;13-,14-,16+,26?;13-,14-,16+/m000/s1. The van der Waals surface area contributed by atoms with Crippen molar-refractivity contribution in [3.05, 3.63) is 89.5 Å². The normalized spacial score (nSPS) is 21.9. The lowest BCUT2D eigenvalue weighted by Gasteiger charge is -2.33. The van der Waals surface area contributed by atoms with Crippen LogP contribution in [0.5, 0.6) is 17.2 Å². The molecule has 0 aliphatic carbocycles. The largest absolute Gasteiger partial charge is 0.497 e. The van der Waals surface area contributed by atoms with Crippen LogP contribution in [0, 0.1) is 34.0 Å². The predicted octanol–water partition coefficient (Wildman–Crippen LogP) is 5.19. The van der Waals surface area contributed by atoms with Crippen molar-refractivity contribution in [2.45, 2.75) is 147 Å². The molecule has 3 heterocycles. The van der Waals surface area contributed by atoms with Crippen LogP contribution in [0.2, 0.25) is 0 Å². The zero-order valence-electron chi connectivity index (χ0n) is 45.4. The van der Waals surface area contributed by atoms with Crippen molar-refractivity contribution in [1.82, 2.24) is 14.7 Å². The summed E-state index contributed by atoms with van der Waals surface area (Å²) in [6, 6.07) is 21.4. The first kappa shape index (κ1) is 64.6. The van der Waals surface area contributed by atoms with Gasteiger partial charge in [0.1, 0.15) is 66.0 Å². The lowest BCUT2D eigenvalue weighted by Crippen LogP contribution is -2.59. The zero-order valence-corrected chi connectivity index (χ0v) is 47.9. The number of rotatable bonds is 18. The highest BCUT2D eigenvalue weighted by Gasteiger charge is 2.49. The Morgan fingerprint density at radius 3 is 1.31 bits per heavy atom. The molecule has 0 aromatic heterocycles. The van der Waals surface area contributed by atoms with Gasteiger partial charge in [-0.1, -0.05) is 36.4 Å². The molecule has 0 spiro atoms. The van der Waals surface area contributed by atoms with Crippen LogP contribution in [0.15, 0.2) is 72.8 Å². The van der Waals surface area contributed by atoms with Crippen LogP contribution in [0.4, 0.5) is 13.2 Å². The molecule has 0 saturated carbocycles. The third kappa shape index (κ3) is 16.1. The summed E-state index contributed by atoms with van der Waals surface area (Å²) in [6.45, 7) is 9.40. The smallest absolute Gasteiger partial charge is 0.242 e. The molecule has 3 fully saturated rings. The number of nitrogens with two attached hydrogens (primary N) is 3. The van der Waals surface area contributed by atoms with Gasteiger partial charge in [0, 0.05) is 46.3 Å². The Balaban J connectivity index is 0.000000253. The molecule has 0 radical (unpaired) electrons. The van der Waals surface area contributed by atoms with E-state index in [1.165, 1.54) is 30.8 Å². The van der Waals surface area contributed by atoms with Crippen LogP contribution in [-0.4, -0.2) is 155 Å². The number of likely N-dealkylation sites (tertiary alicyclic amines) is 3. The molecular formula is C54H72F3N9O9S3. The van der Waals surface area contributed by atoms with Gasteiger partial charge in [-0.15, -0.1) is 11.8 Å². The maximum absolute atomic E-state index is 13.6. The lowest BCUT2D eigenvalue weighted by atomic mass is 10.0. The third-order valence-electron chi connectivity index (χ3n) is 14.2. The fourth-order valence-corrected chi connectivity index (χ4v) is 12.2. The van der Waals surface area contributed by atoms with Crippen molar-refractivity contribution in [2.24, 2.45) is 17.2 Å². The quantitative estimate of drug-likeness (QED) is 0.148. The van der Waals surface area contributed by atoms with Crippen molar-refractivity contribution < 1.29 is 54.4 Å². The average Bonchev–Trinajstić information content (AvgIpc) is 4.18. The summed E-state index contributed by atoms with van der Waals surface area (Å²) in [7, 11) is -0.596. The van der Waals surface area contributed by atoms with Crippen molar-refractivity contribution >= 4 is 50.1 Å². The molecule has 6 rings (SSSR count). The van der Waals surface area contributed by atoms with Crippen LogP contribution in [0.25, 0.3) is 0 Å². The molecule has 0 bridgehead atoms. The van der Waals surface area contributed by atoms with E-state index in [2.05, 4.69) is 0 Å². The van der Waals surface area contributed by atoms with Crippen LogP contribution < -0.4 is 31.4 Å². The van der Waals surface area contributed by atoms with E-state index in [0.29, 0.717) is 22.8 Å². The van der Waals surface area contributed by atoms with Gasteiger partial charge in [0.25, 0.3) is 0 Å². The number of carbonyl (C=O) groups is 3. The van der Waals surface area contributed by atoms with E-state index in [1.807, 2.05) is 56.3 Å². The number of amides is 3. The zero-order chi connectivity index (χ0) is 58.5. The van der Waals surface area contributed by atoms with Gasteiger partial charge in [-0.25, -0.2) is 21.6 Å². The molecule has 10 atom stereocenters. The van der Waals surface area contributed by atoms with Crippen molar-refractivity contribution in [2.75, 3.05) is 41.0 Å². The highest BCUT2D eigenvalue weighted by Crippen LogP contribution is 2.34. The monoisotopic (exact) mass is 1140 g/mol. The van der Waals surface area contributed by atoms with E-state index in [0.717, 1.165) is 21.8 Å². The van der Waals surface area contributed by atoms with Crippen molar-refractivity contribution in [3.8, 4) is 35.5 Å². The molecule has 6 N–H and O–H groups in total. The van der Waals surface area contributed by atoms with Crippen LogP contribution in [0.3, 0.4) is 0 Å². The number of nitrogens with zero attached hydrogens (tertiary/aromatic N) is 6. The molecule has 3 aromatic rings. The van der Waals surface area contributed by atoms with Crippen LogP contribution in [-0.2, 0) is 52.3 Å². The Morgan fingerprint density at radius 1 is 0.615 bits per heavy atom. The van der Waals surface area contributed by atoms with Gasteiger partial charge >= 0.3 is 0 Å². The SMILES string of the molecule is COc1ccc(CS(=O)(=O)C(C)(C)[C@H](N)C(=O)N2C[C@@H](F)C[C@H]2C#N)cc1.COc1ccc(CS(=O)C(C)(C)[C@H](N)C(=O)N2C[C@@H](F)C[C@H]2C#N)cc1.COc1ccc(CSC(C)(C)[C@H](N)C(=O)N2C[C@@H](F)C[C@H]2C#N)cc1. The van der Waals surface area contributed by atoms with Gasteiger partial charge in [-0.3, -0.25) is 18.6 Å². The number of sulfone groups is 1. The van der Waals surface area contributed by atoms with Gasteiger partial charge in [-0.2, -0.15) is 15.8 Å². The first-order valence-electron chi connectivity index (χ1n) is 24.9. The van der Waals surface area contributed by atoms with Gasteiger partial charge in [-0.05, 0) is 94.6 Å². The first-order chi connectivity index (χ1) is 36.5. The van der Waals surface area contributed by atoms with Crippen LogP contribution in [0.1, 0.15) is 77.5 Å². The second-order valence-electron chi connectivity index (χ2n) is 20.7. The number of nitriles is 3. The number of alkyl halides is 3. The predicted molar refractivity (Wildman–Crippen MR) is 293 cm³/mol. The maximum atomic E-state index is 13.6. The summed E-state index contributed by atoms with van der Waals surface area (Å²) in [5, 5.41) is 27.3. The molecule has 24 heteroatoms. The summed E-state index contributed by atoms with van der Waals surface area (Å²) >= 11 is 1.56. The van der Waals surface area contributed by atoms with Gasteiger partial charge in [0.2, 0.25) is 17.7 Å². The molecule has 426 valence electrons. The Bertz CT molecular complexity index is 2790. The molecule has 3 aromatic carbocycles. The maximum Gasteiger partial charge on any atom is 0.242 e. The Labute approximate surface area is 463 Å². The average molecular weight is 1140 g/mol. The number of ether oxygens (including phenoxy) is 3. The highest BCUT2D eigenvalue weighted by molar-refractivity contribution is 7.99. The second-order valence-corrected chi connectivity index (χ2v) is 27.0. The molecule has 78 heavy (non-hydrogen) atoms. The molecule has 3 saturated heterocycles. The number of hydrogen-bond acceptors (Lipinski definition) is 16. The Morgan fingerprint density at radius 2 is 0.949 bits per heavy atom. The minimum atomic E-state index is -3.83. The molecular weight excluding hydrogens is 1070 g/mol. The summed E-state index contributed by atoms with van der Waals surface area (Å²) in [5.41, 5.74) is 20.7. The minimum absolute atomic E-state index is 0.00960.